The standard InChI is InChI=1S/C26H33FN2O3/c1-2-32-25(30)13-8-14-29-17-22(18-9-6-7-10-18)20-16-24(23(27)15-21(20)26(29)31)28-19-11-4-3-5-12-19/h6,9,15-19,28H,2-5,7-8,10-14H2,1H3. The summed E-state index contributed by atoms with van der Waals surface area (Å²) in [5.41, 5.74) is 1.33. The van der Waals surface area contributed by atoms with Crippen molar-refractivity contribution in [2.45, 2.75) is 83.2 Å². The van der Waals surface area contributed by atoms with Gasteiger partial charge in [-0.05, 0) is 62.1 Å². The van der Waals surface area contributed by atoms with Gasteiger partial charge in [0.25, 0.3) is 5.56 Å². The van der Waals surface area contributed by atoms with E-state index in [9.17, 15) is 9.59 Å². The Morgan fingerprint density at radius 2 is 2.00 bits per heavy atom. The number of hydrogen-bond donors (Lipinski definition) is 1. The quantitative estimate of drug-likeness (QED) is 0.425. The fourth-order valence-corrected chi connectivity index (χ4v) is 5.00. The minimum absolute atomic E-state index is 0.210. The molecule has 0 aliphatic heterocycles. The summed E-state index contributed by atoms with van der Waals surface area (Å²) in [6, 6.07) is 3.52. The lowest BCUT2D eigenvalue weighted by atomic mass is 9.93. The zero-order valence-corrected chi connectivity index (χ0v) is 18.9. The number of allylic oxidation sites excluding steroid dienone is 2. The number of aromatic nitrogens is 1. The van der Waals surface area contributed by atoms with E-state index in [1.807, 2.05) is 12.3 Å². The monoisotopic (exact) mass is 440 g/mol. The van der Waals surface area contributed by atoms with Crippen LogP contribution in [0.25, 0.3) is 10.8 Å². The van der Waals surface area contributed by atoms with Crippen molar-refractivity contribution in [3.05, 3.63) is 52.2 Å². The third-order valence-corrected chi connectivity index (χ3v) is 6.67. The van der Waals surface area contributed by atoms with Gasteiger partial charge in [-0.1, -0.05) is 31.4 Å². The lowest BCUT2D eigenvalue weighted by molar-refractivity contribution is -0.143. The molecule has 32 heavy (non-hydrogen) atoms. The van der Waals surface area contributed by atoms with Gasteiger partial charge in [0.2, 0.25) is 0 Å². The van der Waals surface area contributed by atoms with E-state index in [1.54, 1.807) is 11.5 Å². The molecule has 172 valence electrons. The summed E-state index contributed by atoms with van der Waals surface area (Å²) < 4.78 is 21.7. The number of hydrogen-bond acceptors (Lipinski definition) is 4. The van der Waals surface area contributed by atoms with E-state index in [0.29, 0.717) is 30.6 Å². The highest BCUT2D eigenvalue weighted by molar-refractivity contribution is 5.89. The third kappa shape index (κ3) is 5.05. The van der Waals surface area contributed by atoms with Crippen molar-refractivity contribution in [2.24, 2.45) is 0 Å². The molecular formula is C26H33FN2O3. The summed E-state index contributed by atoms with van der Waals surface area (Å²) in [5.74, 6) is -0.426. The Hall–Kier alpha value is -2.63. The molecule has 0 spiro atoms. The molecule has 0 radical (unpaired) electrons. The van der Waals surface area contributed by atoms with Gasteiger partial charge < -0.3 is 14.6 Å². The summed E-state index contributed by atoms with van der Waals surface area (Å²) >= 11 is 0. The minimum Gasteiger partial charge on any atom is -0.466 e. The molecule has 1 aromatic carbocycles. The first-order chi connectivity index (χ1) is 15.6. The summed E-state index contributed by atoms with van der Waals surface area (Å²) in [4.78, 5) is 24.9. The fourth-order valence-electron chi connectivity index (χ4n) is 5.00. The van der Waals surface area contributed by atoms with Crippen LogP contribution in [0.15, 0.2) is 35.3 Å². The number of anilines is 1. The number of aryl methyl sites for hydroxylation is 1. The summed E-state index contributed by atoms with van der Waals surface area (Å²) in [6.45, 7) is 2.53. The number of nitrogens with zero attached hydrogens (tertiary/aromatic N) is 1. The van der Waals surface area contributed by atoms with Crippen molar-refractivity contribution in [3.63, 3.8) is 0 Å². The second-order valence-electron chi connectivity index (χ2n) is 8.96. The number of fused-ring (bicyclic) bond motifs is 1. The van der Waals surface area contributed by atoms with Crippen molar-refractivity contribution >= 4 is 22.4 Å². The van der Waals surface area contributed by atoms with Gasteiger partial charge in [-0.25, -0.2) is 4.39 Å². The molecule has 1 aromatic heterocycles. The molecule has 1 unspecified atom stereocenters. The smallest absolute Gasteiger partial charge is 0.305 e. The van der Waals surface area contributed by atoms with E-state index < -0.39 is 0 Å². The fraction of sp³-hybridized carbons (Fsp3) is 0.538. The second-order valence-corrected chi connectivity index (χ2v) is 8.96. The Labute approximate surface area is 188 Å². The molecular weight excluding hydrogens is 407 g/mol. The Balaban J connectivity index is 1.68. The van der Waals surface area contributed by atoms with Gasteiger partial charge in [0.15, 0.2) is 0 Å². The lowest BCUT2D eigenvalue weighted by Crippen LogP contribution is -2.24. The van der Waals surface area contributed by atoms with Crippen molar-refractivity contribution in [2.75, 3.05) is 11.9 Å². The maximum Gasteiger partial charge on any atom is 0.305 e. The number of pyridine rings is 1. The van der Waals surface area contributed by atoms with Crippen LogP contribution in [0, 0.1) is 5.82 Å². The average Bonchev–Trinajstić information content (AvgIpc) is 3.32. The van der Waals surface area contributed by atoms with Gasteiger partial charge in [-0.15, -0.1) is 0 Å². The van der Waals surface area contributed by atoms with Crippen molar-refractivity contribution in [1.82, 2.24) is 4.57 Å². The van der Waals surface area contributed by atoms with Gasteiger partial charge in [-0.2, -0.15) is 0 Å². The van der Waals surface area contributed by atoms with Crippen LogP contribution in [0.5, 0.6) is 0 Å². The Morgan fingerprint density at radius 1 is 1.19 bits per heavy atom. The van der Waals surface area contributed by atoms with Crippen molar-refractivity contribution in [1.29, 1.82) is 0 Å². The van der Waals surface area contributed by atoms with Crippen LogP contribution in [-0.2, 0) is 16.1 Å². The van der Waals surface area contributed by atoms with Crippen molar-refractivity contribution < 1.29 is 13.9 Å². The van der Waals surface area contributed by atoms with Gasteiger partial charge in [0.05, 0.1) is 17.7 Å². The molecule has 0 amide bonds. The predicted molar refractivity (Wildman–Crippen MR) is 126 cm³/mol. The van der Waals surface area contributed by atoms with Crippen LogP contribution in [-0.4, -0.2) is 23.2 Å². The first-order valence-corrected chi connectivity index (χ1v) is 12.0. The van der Waals surface area contributed by atoms with E-state index in [-0.39, 0.29) is 35.7 Å². The van der Waals surface area contributed by atoms with Crippen LogP contribution in [0.1, 0.15) is 76.2 Å². The zero-order chi connectivity index (χ0) is 22.5. The summed E-state index contributed by atoms with van der Waals surface area (Å²) in [6.07, 6.45) is 14.7. The Bertz CT molecular complexity index is 1050. The minimum atomic E-state index is -0.377. The van der Waals surface area contributed by atoms with Crippen LogP contribution in [0.4, 0.5) is 10.1 Å². The highest BCUT2D eigenvalue weighted by atomic mass is 19.1. The zero-order valence-electron chi connectivity index (χ0n) is 18.9. The topological polar surface area (TPSA) is 60.3 Å². The molecule has 0 saturated heterocycles. The van der Waals surface area contributed by atoms with E-state index in [2.05, 4.69) is 17.5 Å². The molecule has 1 heterocycles. The molecule has 1 fully saturated rings. The summed E-state index contributed by atoms with van der Waals surface area (Å²) in [5, 5.41) is 4.63. The van der Waals surface area contributed by atoms with Crippen LogP contribution < -0.4 is 10.9 Å². The number of carbonyl (C=O) groups excluding carboxylic acids is 1. The van der Waals surface area contributed by atoms with Gasteiger partial charge in [-0.3, -0.25) is 9.59 Å². The number of esters is 1. The molecule has 2 aromatic rings. The van der Waals surface area contributed by atoms with Gasteiger partial charge in [0.1, 0.15) is 5.82 Å². The number of nitrogens with one attached hydrogen (secondary N) is 1. The number of ether oxygens (including phenoxy) is 1. The largest absolute Gasteiger partial charge is 0.466 e. The molecule has 1 N–H and O–H groups in total. The first-order valence-electron chi connectivity index (χ1n) is 12.0. The SMILES string of the molecule is CCOC(=O)CCCn1cc(C2C=CCC2)c2cc(NC3CCCCC3)c(F)cc2c1=O. The van der Waals surface area contributed by atoms with E-state index in [0.717, 1.165) is 36.6 Å². The average molecular weight is 441 g/mol. The highest BCUT2D eigenvalue weighted by Gasteiger charge is 2.21. The molecule has 1 saturated carbocycles. The molecule has 0 bridgehead atoms. The third-order valence-electron chi connectivity index (χ3n) is 6.67. The number of carbonyl (C=O) groups is 1. The van der Waals surface area contributed by atoms with E-state index >= 15 is 4.39 Å². The van der Waals surface area contributed by atoms with Crippen LogP contribution in [0.3, 0.4) is 0 Å². The van der Waals surface area contributed by atoms with E-state index in [4.69, 9.17) is 4.74 Å². The molecule has 6 heteroatoms. The Morgan fingerprint density at radius 3 is 2.72 bits per heavy atom. The molecule has 4 rings (SSSR count). The lowest BCUT2D eigenvalue weighted by Gasteiger charge is -2.25. The van der Waals surface area contributed by atoms with Crippen LogP contribution >= 0.6 is 0 Å². The maximum absolute atomic E-state index is 15.1. The first kappa shape index (κ1) is 22.6. The summed E-state index contributed by atoms with van der Waals surface area (Å²) in [7, 11) is 0. The van der Waals surface area contributed by atoms with Gasteiger partial charge >= 0.3 is 5.97 Å². The second kappa shape index (κ2) is 10.3. The number of rotatable bonds is 8. The normalized spacial score (nSPS) is 18.9. The highest BCUT2D eigenvalue weighted by Crippen LogP contribution is 2.35. The molecule has 1 atom stereocenters. The number of benzene rings is 1. The predicted octanol–water partition coefficient (Wildman–Crippen LogP) is 5.66. The van der Waals surface area contributed by atoms with Gasteiger partial charge in [0, 0.05) is 31.1 Å². The molecule has 2 aliphatic rings. The molecule has 2 aliphatic carbocycles. The van der Waals surface area contributed by atoms with E-state index in [1.165, 1.54) is 25.3 Å². The number of halogens is 1. The molecule has 5 nitrogen and oxygen atoms in total. The Kier molecular flexibility index (Phi) is 7.28. The van der Waals surface area contributed by atoms with Crippen molar-refractivity contribution in [3.8, 4) is 0 Å². The van der Waals surface area contributed by atoms with Crippen LogP contribution in [0.2, 0.25) is 0 Å². The maximum atomic E-state index is 15.1.